The maximum Gasteiger partial charge on any atom is 0.339 e. The summed E-state index contributed by atoms with van der Waals surface area (Å²) in [5.41, 5.74) is 1.06. The molecule has 1 aliphatic heterocycles. The van der Waals surface area contributed by atoms with E-state index in [9.17, 15) is 9.90 Å². The molecule has 1 aromatic carbocycles. The molecule has 104 valence electrons. The largest absolute Gasteiger partial charge is 0.489 e. The topological polar surface area (TPSA) is 49.8 Å². The average molecular weight is 354 g/mol. The third-order valence-electron chi connectivity index (χ3n) is 3.20. The van der Waals surface area contributed by atoms with Crippen molar-refractivity contribution in [2.45, 2.75) is 6.54 Å². The van der Waals surface area contributed by atoms with Crippen molar-refractivity contribution in [3.63, 3.8) is 0 Å². The molecule has 0 bridgehead atoms. The van der Waals surface area contributed by atoms with Crippen LogP contribution in [0.3, 0.4) is 0 Å². The highest BCUT2D eigenvalue weighted by Gasteiger charge is 2.24. The van der Waals surface area contributed by atoms with Crippen LogP contribution in [0, 0.1) is 0 Å². The molecule has 0 saturated heterocycles. The van der Waals surface area contributed by atoms with Crippen LogP contribution in [-0.2, 0) is 6.54 Å². The van der Waals surface area contributed by atoms with Crippen LogP contribution in [0.2, 0.25) is 0 Å². The van der Waals surface area contributed by atoms with E-state index in [4.69, 9.17) is 4.74 Å². The quantitative estimate of drug-likeness (QED) is 0.915. The zero-order chi connectivity index (χ0) is 14.1. The van der Waals surface area contributed by atoms with Crippen molar-refractivity contribution in [3.05, 3.63) is 44.6 Å². The van der Waals surface area contributed by atoms with E-state index in [1.807, 2.05) is 17.5 Å². The SMILES string of the molecule is O=C(O)c1cccc2c1OCCN2Cc1sccc1Br. The van der Waals surface area contributed by atoms with E-state index in [1.54, 1.807) is 23.5 Å². The van der Waals surface area contributed by atoms with Gasteiger partial charge in [-0.15, -0.1) is 11.3 Å². The molecule has 1 aliphatic rings. The molecule has 0 unspecified atom stereocenters. The number of hydrogen-bond donors (Lipinski definition) is 1. The Labute approximate surface area is 128 Å². The first-order valence-corrected chi connectivity index (χ1v) is 7.80. The smallest absolute Gasteiger partial charge is 0.339 e. The van der Waals surface area contributed by atoms with Gasteiger partial charge in [0.25, 0.3) is 0 Å². The van der Waals surface area contributed by atoms with E-state index in [2.05, 4.69) is 20.8 Å². The predicted molar refractivity (Wildman–Crippen MR) is 82.0 cm³/mol. The summed E-state index contributed by atoms with van der Waals surface area (Å²) in [5.74, 6) is -0.486. The number of para-hydroxylation sites is 1. The Bertz CT molecular complexity index is 656. The molecule has 0 saturated carbocycles. The summed E-state index contributed by atoms with van der Waals surface area (Å²) in [5, 5.41) is 11.3. The molecule has 2 aromatic rings. The normalized spacial score (nSPS) is 13.8. The fraction of sp³-hybridized carbons (Fsp3) is 0.214. The first kappa shape index (κ1) is 13.5. The summed E-state index contributed by atoms with van der Waals surface area (Å²) in [6, 6.07) is 7.26. The number of carbonyl (C=O) groups is 1. The molecule has 1 N–H and O–H groups in total. The van der Waals surface area contributed by atoms with Gasteiger partial charge in [-0.25, -0.2) is 4.79 Å². The fourth-order valence-corrected chi connectivity index (χ4v) is 3.74. The predicted octanol–water partition coefficient (Wildman–Crippen LogP) is 3.61. The Morgan fingerprint density at radius 2 is 2.30 bits per heavy atom. The minimum atomic E-state index is -0.957. The van der Waals surface area contributed by atoms with Gasteiger partial charge in [-0.05, 0) is 39.5 Å². The lowest BCUT2D eigenvalue weighted by Crippen LogP contribution is -2.32. The van der Waals surface area contributed by atoms with Crippen molar-refractivity contribution in [2.24, 2.45) is 0 Å². The van der Waals surface area contributed by atoms with Crippen molar-refractivity contribution in [1.82, 2.24) is 0 Å². The molecule has 0 aliphatic carbocycles. The molecule has 0 amide bonds. The molecule has 0 fully saturated rings. The van der Waals surface area contributed by atoms with Crippen LogP contribution in [0.15, 0.2) is 34.1 Å². The molecule has 1 aromatic heterocycles. The van der Waals surface area contributed by atoms with Crippen molar-refractivity contribution < 1.29 is 14.6 Å². The van der Waals surface area contributed by atoms with E-state index in [1.165, 1.54) is 4.88 Å². The maximum absolute atomic E-state index is 11.2. The van der Waals surface area contributed by atoms with Gasteiger partial charge in [0.1, 0.15) is 12.2 Å². The summed E-state index contributed by atoms with van der Waals surface area (Å²) in [4.78, 5) is 14.6. The second kappa shape index (κ2) is 5.46. The number of halogens is 1. The number of carboxylic acids is 1. The van der Waals surface area contributed by atoms with Crippen LogP contribution < -0.4 is 9.64 Å². The highest BCUT2D eigenvalue weighted by Crippen LogP contribution is 2.37. The molecule has 0 spiro atoms. The Morgan fingerprint density at radius 3 is 3.00 bits per heavy atom. The molecule has 20 heavy (non-hydrogen) atoms. The van der Waals surface area contributed by atoms with E-state index < -0.39 is 5.97 Å². The van der Waals surface area contributed by atoms with E-state index in [0.29, 0.717) is 12.4 Å². The molecule has 6 heteroatoms. The lowest BCUT2D eigenvalue weighted by molar-refractivity contribution is 0.0692. The Kier molecular flexibility index (Phi) is 3.67. The summed E-state index contributed by atoms with van der Waals surface area (Å²) in [7, 11) is 0. The molecule has 0 radical (unpaired) electrons. The van der Waals surface area contributed by atoms with Gasteiger partial charge in [-0.2, -0.15) is 0 Å². The minimum Gasteiger partial charge on any atom is -0.489 e. The van der Waals surface area contributed by atoms with E-state index in [0.717, 1.165) is 23.2 Å². The number of fused-ring (bicyclic) bond motifs is 1. The van der Waals surface area contributed by atoms with E-state index >= 15 is 0 Å². The van der Waals surface area contributed by atoms with Crippen LogP contribution in [0.25, 0.3) is 0 Å². The monoisotopic (exact) mass is 353 g/mol. The molecule has 4 nitrogen and oxygen atoms in total. The third-order valence-corrected chi connectivity index (χ3v) is 5.11. The van der Waals surface area contributed by atoms with Crippen LogP contribution in [0.4, 0.5) is 5.69 Å². The summed E-state index contributed by atoms with van der Waals surface area (Å²) >= 11 is 5.21. The number of thiophene rings is 1. The van der Waals surface area contributed by atoms with E-state index in [-0.39, 0.29) is 5.56 Å². The Balaban J connectivity index is 1.96. The molecule has 0 atom stereocenters. The van der Waals surface area contributed by atoms with Crippen LogP contribution in [0.5, 0.6) is 5.75 Å². The van der Waals surface area contributed by atoms with Gasteiger partial charge in [0.15, 0.2) is 5.75 Å². The lowest BCUT2D eigenvalue weighted by Gasteiger charge is -2.31. The van der Waals surface area contributed by atoms with Crippen LogP contribution in [-0.4, -0.2) is 24.2 Å². The van der Waals surface area contributed by atoms with Gasteiger partial charge < -0.3 is 14.7 Å². The summed E-state index contributed by atoms with van der Waals surface area (Å²) in [6.45, 7) is 2.00. The number of aromatic carboxylic acids is 1. The second-order valence-corrected chi connectivity index (χ2v) is 6.28. The van der Waals surface area contributed by atoms with Crippen molar-refractivity contribution >= 4 is 38.9 Å². The number of hydrogen-bond acceptors (Lipinski definition) is 4. The highest BCUT2D eigenvalue weighted by molar-refractivity contribution is 9.10. The van der Waals surface area contributed by atoms with Gasteiger partial charge in [-0.1, -0.05) is 6.07 Å². The minimum absolute atomic E-state index is 0.220. The van der Waals surface area contributed by atoms with Gasteiger partial charge in [0.2, 0.25) is 0 Å². The Hall–Kier alpha value is -1.53. The summed E-state index contributed by atoms with van der Waals surface area (Å²) < 4.78 is 6.65. The van der Waals surface area contributed by atoms with Crippen molar-refractivity contribution in [3.8, 4) is 5.75 Å². The van der Waals surface area contributed by atoms with Gasteiger partial charge >= 0.3 is 5.97 Å². The molecule has 2 heterocycles. The number of carboxylic acid groups (broad SMARTS) is 1. The zero-order valence-corrected chi connectivity index (χ0v) is 12.9. The number of rotatable bonds is 3. The number of benzene rings is 1. The molecular formula is C14H12BrNO3S. The molecular weight excluding hydrogens is 342 g/mol. The lowest BCUT2D eigenvalue weighted by atomic mass is 10.1. The summed E-state index contributed by atoms with van der Waals surface area (Å²) in [6.07, 6.45) is 0. The standard InChI is InChI=1S/C14H12BrNO3S/c15-10-4-7-20-12(10)8-16-5-6-19-13-9(14(17)18)2-1-3-11(13)16/h1-4,7H,5-6,8H2,(H,17,18). The second-order valence-electron chi connectivity index (χ2n) is 4.42. The average Bonchev–Trinajstić information content (AvgIpc) is 2.84. The van der Waals surface area contributed by atoms with Crippen molar-refractivity contribution in [2.75, 3.05) is 18.1 Å². The van der Waals surface area contributed by atoms with Gasteiger partial charge in [-0.3, -0.25) is 0 Å². The number of nitrogens with zero attached hydrogens (tertiary/aromatic N) is 1. The first-order chi connectivity index (χ1) is 9.66. The van der Waals surface area contributed by atoms with Crippen LogP contribution in [0.1, 0.15) is 15.2 Å². The van der Waals surface area contributed by atoms with Crippen LogP contribution >= 0.6 is 27.3 Å². The number of ether oxygens (including phenoxy) is 1. The Morgan fingerprint density at radius 1 is 1.45 bits per heavy atom. The van der Waals surface area contributed by atoms with Gasteiger partial charge in [0, 0.05) is 9.35 Å². The molecule has 3 rings (SSSR count). The zero-order valence-electron chi connectivity index (χ0n) is 10.5. The maximum atomic E-state index is 11.2. The first-order valence-electron chi connectivity index (χ1n) is 6.12. The van der Waals surface area contributed by atoms with Gasteiger partial charge in [0.05, 0.1) is 18.8 Å². The third kappa shape index (κ3) is 2.41. The van der Waals surface area contributed by atoms with Crippen molar-refractivity contribution in [1.29, 1.82) is 0 Å². The highest BCUT2D eigenvalue weighted by atomic mass is 79.9. The number of anilines is 1. The fourth-order valence-electron chi connectivity index (χ4n) is 2.25.